The first-order valence-corrected chi connectivity index (χ1v) is 4.79. The molecule has 0 aliphatic carbocycles. The normalized spacial score (nSPS) is 15.8. The van der Waals surface area contributed by atoms with E-state index in [-0.39, 0.29) is 5.78 Å². The standard InChI is InChI=1S/C9H10O2S/c1-6(10)9-4-7-5-11-3-2-8(7)12-9/h4H,2-3,5H2,1H3. The number of ketones is 1. The average molecular weight is 182 g/mol. The Morgan fingerprint density at radius 2 is 2.50 bits per heavy atom. The Morgan fingerprint density at radius 1 is 1.67 bits per heavy atom. The number of thiophene rings is 1. The monoisotopic (exact) mass is 182 g/mol. The lowest BCUT2D eigenvalue weighted by Gasteiger charge is -2.10. The van der Waals surface area contributed by atoms with Crippen molar-refractivity contribution in [1.82, 2.24) is 0 Å². The van der Waals surface area contributed by atoms with Crippen molar-refractivity contribution in [2.45, 2.75) is 20.0 Å². The Hall–Kier alpha value is -0.670. The summed E-state index contributed by atoms with van der Waals surface area (Å²) in [5, 5.41) is 0. The molecule has 0 saturated carbocycles. The van der Waals surface area contributed by atoms with Gasteiger partial charge in [-0.1, -0.05) is 0 Å². The van der Waals surface area contributed by atoms with Crippen LogP contribution < -0.4 is 0 Å². The molecule has 0 amide bonds. The fraction of sp³-hybridized carbons (Fsp3) is 0.444. The molecule has 1 aliphatic heterocycles. The lowest BCUT2D eigenvalue weighted by atomic mass is 10.2. The molecule has 2 heterocycles. The van der Waals surface area contributed by atoms with Gasteiger partial charge in [0.2, 0.25) is 0 Å². The van der Waals surface area contributed by atoms with Crippen LogP contribution in [-0.4, -0.2) is 12.4 Å². The first-order valence-electron chi connectivity index (χ1n) is 3.97. The number of hydrogen-bond acceptors (Lipinski definition) is 3. The zero-order valence-electron chi connectivity index (χ0n) is 6.92. The topological polar surface area (TPSA) is 26.3 Å². The van der Waals surface area contributed by atoms with Crippen LogP contribution in [0.5, 0.6) is 0 Å². The minimum absolute atomic E-state index is 0.161. The molecule has 0 bridgehead atoms. The molecule has 2 nitrogen and oxygen atoms in total. The zero-order chi connectivity index (χ0) is 8.55. The van der Waals surface area contributed by atoms with Crippen LogP contribution in [0.1, 0.15) is 27.0 Å². The van der Waals surface area contributed by atoms with Gasteiger partial charge in [-0.15, -0.1) is 11.3 Å². The van der Waals surface area contributed by atoms with Crippen LogP contribution >= 0.6 is 11.3 Å². The molecule has 3 heteroatoms. The van der Waals surface area contributed by atoms with Crippen molar-refractivity contribution in [3.05, 3.63) is 21.4 Å². The summed E-state index contributed by atoms with van der Waals surface area (Å²) < 4.78 is 5.28. The highest BCUT2D eigenvalue weighted by Gasteiger charge is 2.14. The number of ether oxygens (including phenoxy) is 1. The molecule has 0 radical (unpaired) electrons. The molecule has 2 rings (SSSR count). The van der Waals surface area contributed by atoms with Gasteiger partial charge in [0.05, 0.1) is 18.1 Å². The highest BCUT2D eigenvalue weighted by atomic mass is 32.1. The molecule has 64 valence electrons. The van der Waals surface area contributed by atoms with E-state index in [1.807, 2.05) is 6.07 Å². The summed E-state index contributed by atoms with van der Waals surface area (Å²) in [6, 6.07) is 1.96. The predicted molar refractivity (Wildman–Crippen MR) is 47.7 cm³/mol. The predicted octanol–water partition coefficient (Wildman–Crippen LogP) is 2.02. The van der Waals surface area contributed by atoms with Crippen molar-refractivity contribution < 1.29 is 9.53 Å². The number of rotatable bonds is 1. The smallest absolute Gasteiger partial charge is 0.169 e. The van der Waals surface area contributed by atoms with E-state index in [2.05, 4.69) is 0 Å². The van der Waals surface area contributed by atoms with Gasteiger partial charge in [0.25, 0.3) is 0 Å². The van der Waals surface area contributed by atoms with E-state index in [1.54, 1.807) is 18.3 Å². The van der Waals surface area contributed by atoms with Gasteiger partial charge in [0.15, 0.2) is 5.78 Å². The molecule has 0 atom stereocenters. The quantitative estimate of drug-likeness (QED) is 0.621. The molecule has 1 aromatic rings. The second kappa shape index (κ2) is 2.99. The van der Waals surface area contributed by atoms with E-state index >= 15 is 0 Å². The molecule has 0 unspecified atom stereocenters. The van der Waals surface area contributed by atoms with Gasteiger partial charge in [0.1, 0.15) is 0 Å². The van der Waals surface area contributed by atoms with Crippen molar-refractivity contribution >= 4 is 17.1 Å². The van der Waals surface area contributed by atoms with E-state index in [0.29, 0.717) is 6.61 Å². The summed E-state index contributed by atoms with van der Waals surface area (Å²) >= 11 is 1.61. The summed E-state index contributed by atoms with van der Waals surface area (Å²) in [4.78, 5) is 13.2. The van der Waals surface area contributed by atoms with Gasteiger partial charge in [-0.3, -0.25) is 4.79 Å². The van der Waals surface area contributed by atoms with Gasteiger partial charge in [0, 0.05) is 11.3 Å². The Kier molecular flexibility index (Phi) is 1.98. The van der Waals surface area contributed by atoms with E-state index in [1.165, 1.54) is 10.4 Å². The molecule has 12 heavy (non-hydrogen) atoms. The first kappa shape index (κ1) is 7.95. The number of carbonyl (C=O) groups is 1. The molecule has 0 N–H and O–H groups in total. The maximum atomic E-state index is 11.0. The Labute approximate surface area is 75.2 Å². The number of Topliss-reactive ketones (excluding diaryl/α,β-unsaturated/α-hetero) is 1. The van der Waals surface area contributed by atoms with Crippen molar-refractivity contribution in [3.8, 4) is 0 Å². The molecule has 0 fully saturated rings. The van der Waals surface area contributed by atoms with Crippen LogP contribution in [-0.2, 0) is 17.8 Å². The van der Waals surface area contributed by atoms with Crippen LogP contribution in [0.2, 0.25) is 0 Å². The zero-order valence-corrected chi connectivity index (χ0v) is 7.74. The highest BCUT2D eigenvalue weighted by molar-refractivity contribution is 7.14. The summed E-state index contributed by atoms with van der Waals surface area (Å²) in [5.74, 6) is 0.161. The molecule has 1 aromatic heterocycles. The lowest BCUT2D eigenvalue weighted by molar-refractivity contribution is 0.102. The van der Waals surface area contributed by atoms with Crippen LogP contribution in [0, 0.1) is 0 Å². The maximum Gasteiger partial charge on any atom is 0.169 e. The van der Waals surface area contributed by atoms with E-state index in [4.69, 9.17) is 4.74 Å². The fourth-order valence-electron chi connectivity index (χ4n) is 1.32. The third kappa shape index (κ3) is 1.30. The fourth-order valence-corrected chi connectivity index (χ4v) is 2.37. The molecule has 0 saturated heterocycles. The average Bonchev–Trinajstić information content (AvgIpc) is 2.46. The number of fused-ring (bicyclic) bond motifs is 1. The third-order valence-corrected chi connectivity index (χ3v) is 3.31. The molecule has 0 spiro atoms. The Bertz CT molecular complexity index is 291. The summed E-state index contributed by atoms with van der Waals surface area (Å²) in [5.41, 5.74) is 1.21. The van der Waals surface area contributed by atoms with Crippen LogP contribution in [0.25, 0.3) is 0 Å². The maximum absolute atomic E-state index is 11.0. The lowest BCUT2D eigenvalue weighted by Crippen LogP contribution is -2.05. The van der Waals surface area contributed by atoms with Crippen molar-refractivity contribution in [2.75, 3.05) is 6.61 Å². The first-order chi connectivity index (χ1) is 5.77. The van der Waals surface area contributed by atoms with E-state index < -0.39 is 0 Å². The number of carbonyl (C=O) groups excluding carboxylic acids is 1. The SMILES string of the molecule is CC(=O)c1cc2c(s1)CCOC2. The van der Waals surface area contributed by atoms with Gasteiger partial charge >= 0.3 is 0 Å². The minimum Gasteiger partial charge on any atom is -0.376 e. The van der Waals surface area contributed by atoms with Crippen LogP contribution in [0.15, 0.2) is 6.07 Å². The minimum atomic E-state index is 0.161. The van der Waals surface area contributed by atoms with Gasteiger partial charge in [-0.2, -0.15) is 0 Å². The van der Waals surface area contributed by atoms with Crippen LogP contribution in [0.3, 0.4) is 0 Å². The van der Waals surface area contributed by atoms with Crippen molar-refractivity contribution in [1.29, 1.82) is 0 Å². The molecule has 1 aliphatic rings. The van der Waals surface area contributed by atoms with Gasteiger partial charge in [-0.25, -0.2) is 0 Å². The van der Waals surface area contributed by atoms with E-state index in [9.17, 15) is 4.79 Å². The Balaban J connectivity index is 2.38. The largest absolute Gasteiger partial charge is 0.376 e. The summed E-state index contributed by atoms with van der Waals surface area (Å²) in [6.07, 6.45) is 0.966. The summed E-state index contributed by atoms with van der Waals surface area (Å²) in [6.45, 7) is 3.09. The molecule has 0 aromatic carbocycles. The summed E-state index contributed by atoms with van der Waals surface area (Å²) in [7, 11) is 0. The number of hydrogen-bond donors (Lipinski definition) is 0. The highest BCUT2D eigenvalue weighted by Crippen LogP contribution is 2.26. The van der Waals surface area contributed by atoms with Crippen LogP contribution in [0.4, 0.5) is 0 Å². The Morgan fingerprint density at radius 3 is 3.17 bits per heavy atom. The second-order valence-corrected chi connectivity index (χ2v) is 4.05. The van der Waals surface area contributed by atoms with Gasteiger partial charge in [-0.05, 0) is 18.6 Å². The van der Waals surface area contributed by atoms with Crippen molar-refractivity contribution in [2.24, 2.45) is 0 Å². The van der Waals surface area contributed by atoms with Crippen molar-refractivity contribution in [3.63, 3.8) is 0 Å². The van der Waals surface area contributed by atoms with E-state index in [0.717, 1.165) is 17.9 Å². The second-order valence-electron chi connectivity index (χ2n) is 2.92. The molecular weight excluding hydrogens is 172 g/mol. The van der Waals surface area contributed by atoms with Gasteiger partial charge < -0.3 is 4.74 Å². The molecular formula is C9H10O2S. The third-order valence-electron chi connectivity index (χ3n) is 1.97.